The molecule has 172 valence electrons. The van der Waals surface area contributed by atoms with Gasteiger partial charge < -0.3 is 10.2 Å². The van der Waals surface area contributed by atoms with Crippen LogP contribution in [0.15, 0.2) is 78.9 Å². The van der Waals surface area contributed by atoms with Crippen LogP contribution in [0.1, 0.15) is 30.0 Å². The molecule has 2 amide bonds. The van der Waals surface area contributed by atoms with Crippen LogP contribution in [-0.2, 0) is 29.0 Å². The summed E-state index contributed by atoms with van der Waals surface area (Å²) in [5.41, 5.74) is 2.51. The van der Waals surface area contributed by atoms with E-state index in [0.29, 0.717) is 18.0 Å². The summed E-state index contributed by atoms with van der Waals surface area (Å²) in [5, 5.41) is 3.54. The topological polar surface area (TPSA) is 49.4 Å². The molecule has 0 saturated carbocycles. The smallest absolute Gasteiger partial charge is 0.243 e. The summed E-state index contributed by atoms with van der Waals surface area (Å²) in [6.07, 6.45) is 1.30. The summed E-state index contributed by atoms with van der Waals surface area (Å²) in [6.45, 7) is 2.71. The molecule has 3 rings (SSSR count). The Kier molecular flexibility index (Phi) is 9.02. The standard InChI is InChI=1S/C27H28ClFN2O2/c1-2-16-30-27(33)25(17-20-6-4-3-5-7-20)31(19-22-10-14-24(29)15-11-22)26(32)18-21-8-12-23(28)13-9-21/h3-15,25H,2,16-19H2,1H3,(H,30,33)/t25-/m1/s1. The van der Waals surface area contributed by atoms with Gasteiger partial charge in [-0.25, -0.2) is 4.39 Å². The molecule has 0 aliphatic rings. The second kappa shape index (κ2) is 12.2. The van der Waals surface area contributed by atoms with E-state index in [9.17, 15) is 14.0 Å². The minimum Gasteiger partial charge on any atom is -0.354 e. The van der Waals surface area contributed by atoms with E-state index >= 15 is 0 Å². The summed E-state index contributed by atoms with van der Waals surface area (Å²) in [7, 11) is 0. The molecule has 0 aliphatic carbocycles. The summed E-state index contributed by atoms with van der Waals surface area (Å²) >= 11 is 5.98. The van der Waals surface area contributed by atoms with Crippen molar-refractivity contribution in [2.24, 2.45) is 0 Å². The molecule has 4 nitrogen and oxygen atoms in total. The van der Waals surface area contributed by atoms with Crippen LogP contribution in [0.25, 0.3) is 0 Å². The van der Waals surface area contributed by atoms with Crippen LogP contribution < -0.4 is 5.32 Å². The second-order valence-corrected chi connectivity index (χ2v) is 8.38. The maximum absolute atomic E-state index is 13.5. The van der Waals surface area contributed by atoms with Crippen molar-refractivity contribution in [1.82, 2.24) is 10.2 Å². The zero-order chi connectivity index (χ0) is 23.6. The molecule has 1 atom stereocenters. The maximum atomic E-state index is 13.5. The van der Waals surface area contributed by atoms with Gasteiger partial charge in [0.2, 0.25) is 11.8 Å². The van der Waals surface area contributed by atoms with Crippen molar-refractivity contribution < 1.29 is 14.0 Å². The first-order valence-electron chi connectivity index (χ1n) is 11.1. The number of nitrogens with zero attached hydrogens (tertiary/aromatic N) is 1. The molecule has 0 unspecified atom stereocenters. The molecule has 0 aromatic heterocycles. The number of hydrogen-bond donors (Lipinski definition) is 1. The van der Waals surface area contributed by atoms with E-state index in [4.69, 9.17) is 11.6 Å². The molecule has 0 radical (unpaired) electrons. The largest absolute Gasteiger partial charge is 0.354 e. The van der Waals surface area contributed by atoms with Crippen LogP contribution >= 0.6 is 11.6 Å². The van der Waals surface area contributed by atoms with E-state index in [0.717, 1.165) is 23.1 Å². The zero-order valence-corrected chi connectivity index (χ0v) is 19.4. The van der Waals surface area contributed by atoms with Gasteiger partial charge in [0, 0.05) is 24.5 Å². The predicted molar refractivity (Wildman–Crippen MR) is 129 cm³/mol. The number of nitrogens with one attached hydrogen (secondary N) is 1. The third-order valence-electron chi connectivity index (χ3n) is 5.36. The van der Waals surface area contributed by atoms with Gasteiger partial charge in [-0.3, -0.25) is 9.59 Å². The lowest BCUT2D eigenvalue weighted by Crippen LogP contribution is -2.51. The number of amides is 2. The molecule has 0 bridgehead atoms. The number of carbonyl (C=O) groups excluding carboxylic acids is 2. The third-order valence-corrected chi connectivity index (χ3v) is 5.61. The molecule has 0 aliphatic heterocycles. The minimum absolute atomic E-state index is 0.130. The van der Waals surface area contributed by atoms with Crippen molar-refractivity contribution in [3.8, 4) is 0 Å². The van der Waals surface area contributed by atoms with E-state index in [1.165, 1.54) is 12.1 Å². The average Bonchev–Trinajstić information content (AvgIpc) is 2.83. The van der Waals surface area contributed by atoms with Gasteiger partial charge in [0.1, 0.15) is 11.9 Å². The van der Waals surface area contributed by atoms with Crippen molar-refractivity contribution in [3.05, 3.63) is 106 Å². The highest BCUT2D eigenvalue weighted by Gasteiger charge is 2.30. The molecular formula is C27H28ClFN2O2. The van der Waals surface area contributed by atoms with Crippen LogP contribution in [0.4, 0.5) is 4.39 Å². The SMILES string of the molecule is CCCNC(=O)[C@@H](Cc1ccccc1)N(Cc1ccc(F)cc1)C(=O)Cc1ccc(Cl)cc1. The lowest BCUT2D eigenvalue weighted by atomic mass is 10.0. The molecule has 0 spiro atoms. The van der Waals surface area contributed by atoms with Gasteiger partial charge in [0.05, 0.1) is 6.42 Å². The van der Waals surface area contributed by atoms with Gasteiger partial charge in [-0.2, -0.15) is 0 Å². The number of rotatable bonds is 10. The van der Waals surface area contributed by atoms with Gasteiger partial charge >= 0.3 is 0 Å². The Morgan fingerprint density at radius 1 is 0.909 bits per heavy atom. The van der Waals surface area contributed by atoms with Crippen LogP contribution in [0, 0.1) is 5.82 Å². The van der Waals surface area contributed by atoms with Crippen LogP contribution in [0.5, 0.6) is 0 Å². The quantitative estimate of drug-likeness (QED) is 0.447. The highest BCUT2D eigenvalue weighted by molar-refractivity contribution is 6.30. The molecule has 0 heterocycles. The van der Waals surface area contributed by atoms with Gasteiger partial charge in [0.25, 0.3) is 0 Å². The monoisotopic (exact) mass is 466 g/mol. The third kappa shape index (κ3) is 7.43. The Labute approximate surface area is 199 Å². The predicted octanol–water partition coefficient (Wildman–Crippen LogP) is 5.19. The van der Waals surface area contributed by atoms with Crippen molar-refractivity contribution in [3.63, 3.8) is 0 Å². The number of hydrogen-bond acceptors (Lipinski definition) is 2. The van der Waals surface area contributed by atoms with E-state index in [-0.39, 0.29) is 30.6 Å². The van der Waals surface area contributed by atoms with Crippen molar-refractivity contribution >= 4 is 23.4 Å². The molecule has 6 heteroatoms. The van der Waals surface area contributed by atoms with Gasteiger partial charge in [0.15, 0.2) is 0 Å². The molecule has 1 N–H and O–H groups in total. The fourth-order valence-electron chi connectivity index (χ4n) is 3.58. The van der Waals surface area contributed by atoms with Gasteiger partial charge in [-0.1, -0.05) is 73.1 Å². The molecule has 0 fully saturated rings. The van der Waals surface area contributed by atoms with Gasteiger partial charge in [-0.05, 0) is 47.4 Å². The van der Waals surface area contributed by atoms with Crippen LogP contribution in [-0.4, -0.2) is 29.3 Å². The Hall–Kier alpha value is -3.18. The Morgan fingerprint density at radius 3 is 2.18 bits per heavy atom. The summed E-state index contributed by atoms with van der Waals surface area (Å²) < 4.78 is 13.5. The molecule has 0 saturated heterocycles. The Balaban J connectivity index is 1.93. The van der Waals surface area contributed by atoms with Crippen LogP contribution in [0.2, 0.25) is 5.02 Å². The molecular weight excluding hydrogens is 439 g/mol. The number of halogens is 2. The fourth-order valence-corrected chi connectivity index (χ4v) is 3.71. The average molecular weight is 467 g/mol. The summed E-state index contributed by atoms with van der Waals surface area (Å²) in [5.74, 6) is -0.735. The van der Waals surface area contributed by atoms with E-state index in [1.54, 1.807) is 41.3 Å². The molecule has 3 aromatic rings. The summed E-state index contributed by atoms with van der Waals surface area (Å²) in [6, 6.07) is 22.0. The highest BCUT2D eigenvalue weighted by atomic mass is 35.5. The summed E-state index contributed by atoms with van der Waals surface area (Å²) in [4.78, 5) is 28.3. The van der Waals surface area contributed by atoms with Gasteiger partial charge in [-0.15, -0.1) is 0 Å². The Morgan fingerprint density at radius 2 is 1.55 bits per heavy atom. The number of carbonyl (C=O) groups is 2. The first kappa shape index (κ1) is 24.5. The normalized spacial score (nSPS) is 11.6. The van der Waals surface area contributed by atoms with E-state index in [1.807, 2.05) is 37.3 Å². The van der Waals surface area contributed by atoms with E-state index in [2.05, 4.69) is 5.32 Å². The number of benzene rings is 3. The minimum atomic E-state index is -0.705. The van der Waals surface area contributed by atoms with E-state index < -0.39 is 6.04 Å². The molecule has 33 heavy (non-hydrogen) atoms. The molecule has 3 aromatic carbocycles. The second-order valence-electron chi connectivity index (χ2n) is 7.95. The van der Waals surface area contributed by atoms with Crippen molar-refractivity contribution in [1.29, 1.82) is 0 Å². The highest BCUT2D eigenvalue weighted by Crippen LogP contribution is 2.18. The lowest BCUT2D eigenvalue weighted by molar-refractivity contribution is -0.140. The first-order valence-corrected chi connectivity index (χ1v) is 11.4. The maximum Gasteiger partial charge on any atom is 0.243 e. The zero-order valence-electron chi connectivity index (χ0n) is 18.6. The van der Waals surface area contributed by atoms with Crippen molar-refractivity contribution in [2.45, 2.75) is 38.8 Å². The Bertz CT molecular complexity index is 1040. The fraction of sp³-hybridized carbons (Fsp3) is 0.259. The lowest BCUT2D eigenvalue weighted by Gasteiger charge is -2.31. The van der Waals surface area contributed by atoms with Crippen molar-refractivity contribution in [2.75, 3.05) is 6.54 Å². The van der Waals surface area contributed by atoms with Crippen LogP contribution in [0.3, 0.4) is 0 Å². The first-order chi connectivity index (χ1) is 16.0.